The average Bonchev–Trinajstić information content (AvgIpc) is 3.34. The van der Waals surface area contributed by atoms with Gasteiger partial charge in [0, 0.05) is 23.9 Å². The zero-order chi connectivity index (χ0) is 24.2. The Balaban J connectivity index is 1.93. The van der Waals surface area contributed by atoms with Crippen molar-refractivity contribution < 1.29 is 38.9 Å². The lowest BCUT2D eigenvalue weighted by Gasteiger charge is -2.37. The summed E-state index contributed by atoms with van der Waals surface area (Å²) in [6.45, 7) is 0.462. The van der Waals surface area contributed by atoms with Crippen LogP contribution in [0.2, 0.25) is 0 Å². The van der Waals surface area contributed by atoms with Gasteiger partial charge < -0.3 is 24.6 Å². The molecule has 0 saturated heterocycles. The second-order valence-electron chi connectivity index (χ2n) is 7.73. The van der Waals surface area contributed by atoms with Gasteiger partial charge in [-0.25, -0.2) is 4.79 Å². The molecule has 2 aliphatic rings. The molecule has 1 atom stereocenters. The molecule has 1 aliphatic carbocycles. The molecule has 1 aromatic rings. The first-order valence-corrected chi connectivity index (χ1v) is 11.2. The fourth-order valence-corrected chi connectivity index (χ4v) is 4.20. The van der Waals surface area contributed by atoms with Gasteiger partial charge in [0.1, 0.15) is 4.88 Å². The number of esters is 2. The van der Waals surface area contributed by atoms with Crippen molar-refractivity contribution in [3.8, 4) is 0 Å². The Hall–Kier alpha value is -3.08. The number of aliphatic hydroxyl groups excluding tert-OH is 2. The van der Waals surface area contributed by atoms with E-state index < -0.39 is 42.4 Å². The number of hydrogen-bond acceptors (Lipinski definition) is 10. The Morgan fingerprint density at radius 1 is 1.21 bits per heavy atom. The lowest BCUT2D eigenvalue weighted by molar-refractivity contribution is -0.145. The number of aliphatic hydroxyl groups is 2. The minimum atomic E-state index is -2.04. The average molecular weight is 476 g/mol. The minimum absolute atomic E-state index is 0.125. The molecule has 1 aliphatic heterocycles. The van der Waals surface area contributed by atoms with Crippen molar-refractivity contribution in [3.05, 3.63) is 57.6 Å². The van der Waals surface area contributed by atoms with Crippen molar-refractivity contribution in [1.82, 2.24) is 4.90 Å². The Labute approximate surface area is 194 Å². The summed E-state index contributed by atoms with van der Waals surface area (Å²) in [7, 11) is 1.30. The van der Waals surface area contributed by atoms with E-state index in [4.69, 9.17) is 4.74 Å². The predicted molar refractivity (Wildman–Crippen MR) is 118 cm³/mol. The van der Waals surface area contributed by atoms with Crippen LogP contribution >= 0.6 is 11.3 Å². The van der Waals surface area contributed by atoms with Crippen LogP contribution in [0.25, 0.3) is 0 Å². The lowest BCUT2D eigenvalue weighted by Crippen LogP contribution is -2.51. The summed E-state index contributed by atoms with van der Waals surface area (Å²) >= 11 is 1.13. The van der Waals surface area contributed by atoms with Gasteiger partial charge in [0.25, 0.3) is 0 Å². The standard InChI is InChI=1S/C23H25NO8S/c1-23(32-22(30)18-6-4-8-33-18)19(27)10-14-9-15(5-3-7-20(28)31-2)24(16(12-25)13-26)11-17(14)21(23)29/h4,6,8-11,16,25-26H,3,5,7,12-13H2,1-2H3. The SMILES string of the molecule is COC(=O)CCCC1=CC2=CC(=O)C(C)(OC(=O)c3cccs3)C(=O)C2=CN1C(CO)CO. The van der Waals surface area contributed by atoms with Gasteiger partial charge in [0.15, 0.2) is 0 Å². The molecule has 1 unspecified atom stereocenters. The fraction of sp³-hybridized carbons (Fsp3) is 0.391. The Bertz CT molecular complexity index is 1030. The molecule has 9 nitrogen and oxygen atoms in total. The van der Waals surface area contributed by atoms with Crippen LogP contribution in [0.15, 0.2) is 52.7 Å². The summed E-state index contributed by atoms with van der Waals surface area (Å²) < 4.78 is 10.0. The second kappa shape index (κ2) is 10.2. The molecule has 0 saturated carbocycles. The topological polar surface area (TPSA) is 130 Å². The molecule has 0 radical (unpaired) electrons. The van der Waals surface area contributed by atoms with Gasteiger partial charge in [-0.15, -0.1) is 11.3 Å². The minimum Gasteiger partial charge on any atom is -0.469 e. The van der Waals surface area contributed by atoms with E-state index in [1.165, 1.54) is 32.4 Å². The maximum Gasteiger partial charge on any atom is 0.349 e. The maximum absolute atomic E-state index is 13.3. The van der Waals surface area contributed by atoms with Crippen molar-refractivity contribution in [1.29, 1.82) is 0 Å². The summed E-state index contributed by atoms with van der Waals surface area (Å²) in [6.07, 6.45) is 5.27. The first-order valence-electron chi connectivity index (χ1n) is 10.3. The molecular formula is C23H25NO8S. The third-order valence-electron chi connectivity index (χ3n) is 5.54. The number of rotatable bonds is 9. The van der Waals surface area contributed by atoms with Crippen molar-refractivity contribution in [2.24, 2.45) is 0 Å². The summed E-state index contributed by atoms with van der Waals surface area (Å²) in [5, 5.41) is 21.1. The normalized spacial score (nSPS) is 20.2. The molecule has 10 heteroatoms. The van der Waals surface area contributed by atoms with E-state index in [-0.39, 0.29) is 22.8 Å². The molecule has 0 fully saturated rings. The van der Waals surface area contributed by atoms with Gasteiger partial charge in [-0.1, -0.05) is 6.07 Å². The highest BCUT2D eigenvalue weighted by Crippen LogP contribution is 2.36. The Morgan fingerprint density at radius 3 is 2.55 bits per heavy atom. The Kier molecular flexibility index (Phi) is 7.62. The van der Waals surface area contributed by atoms with Crippen molar-refractivity contribution in [3.63, 3.8) is 0 Å². The van der Waals surface area contributed by atoms with Crippen LogP contribution in [0.5, 0.6) is 0 Å². The van der Waals surface area contributed by atoms with Gasteiger partial charge in [0.05, 0.1) is 26.4 Å². The monoisotopic (exact) mass is 475 g/mol. The van der Waals surface area contributed by atoms with E-state index >= 15 is 0 Å². The maximum atomic E-state index is 13.3. The van der Waals surface area contributed by atoms with Gasteiger partial charge in [-0.05, 0) is 48.9 Å². The number of nitrogens with zero attached hydrogens (tertiary/aromatic N) is 1. The number of allylic oxidation sites excluding steroid dienone is 3. The largest absolute Gasteiger partial charge is 0.469 e. The number of carbonyl (C=O) groups is 4. The molecule has 3 rings (SSSR count). The number of ether oxygens (including phenoxy) is 2. The third kappa shape index (κ3) is 4.97. The first kappa shape index (κ1) is 24.6. The summed E-state index contributed by atoms with van der Waals surface area (Å²) in [5.41, 5.74) is -0.957. The van der Waals surface area contributed by atoms with E-state index in [9.17, 15) is 29.4 Å². The molecular weight excluding hydrogens is 450 g/mol. The zero-order valence-corrected chi connectivity index (χ0v) is 19.1. The lowest BCUT2D eigenvalue weighted by atomic mass is 9.79. The summed E-state index contributed by atoms with van der Waals surface area (Å²) in [5.74, 6) is -2.51. The van der Waals surface area contributed by atoms with E-state index in [0.29, 0.717) is 24.1 Å². The molecule has 176 valence electrons. The van der Waals surface area contributed by atoms with Crippen LogP contribution in [0.4, 0.5) is 0 Å². The van der Waals surface area contributed by atoms with E-state index in [1.54, 1.807) is 22.4 Å². The highest BCUT2D eigenvalue weighted by atomic mass is 32.1. The van der Waals surface area contributed by atoms with Crippen LogP contribution in [-0.4, -0.2) is 70.6 Å². The van der Waals surface area contributed by atoms with Crippen molar-refractivity contribution in [2.75, 3.05) is 20.3 Å². The highest BCUT2D eigenvalue weighted by Gasteiger charge is 2.50. The smallest absolute Gasteiger partial charge is 0.349 e. The molecule has 1 aromatic heterocycles. The van der Waals surface area contributed by atoms with E-state index in [2.05, 4.69) is 4.74 Å². The number of Topliss-reactive ketones (excluding diaryl/α,β-unsaturated/α-hetero) is 1. The van der Waals surface area contributed by atoms with E-state index in [0.717, 1.165) is 11.3 Å². The number of ketones is 2. The van der Waals surface area contributed by atoms with Gasteiger partial charge in [-0.3, -0.25) is 14.4 Å². The van der Waals surface area contributed by atoms with Gasteiger partial charge in [0.2, 0.25) is 17.2 Å². The van der Waals surface area contributed by atoms with Crippen LogP contribution in [0, 0.1) is 0 Å². The molecule has 2 heterocycles. The molecule has 0 spiro atoms. The fourth-order valence-electron chi connectivity index (χ4n) is 3.60. The van der Waals surface area contributed by atoms with Crippen molar-refractivity contribution >= 4 is 34.8 Å². The van der Waals surface area contributed by atoms with Crippen LogP contribution < -0.4 is 0 Å². The summed E-state index contributed by atoms with van der Waals surface area (Å²) in [6, 6.07) is 2.45. The van der Waals surface area contributed by atoms with Gasteiger partial charge >= 0.3 is 11.9 Å². The number of fused-ring (bicyclic) bond motifs is 1. The second-order valence-corrected chi connectivity index (χ2v) is 8.68. The Morgan fingerprint density at radius 2 is 1.94 bits per heavy atom. The van der Waals surface area contributed by atoms with Gasteiger partial charge in [-0.2, -0.15) is 0 Å². The molecule has 33 heavy (non-hydrogen) atoms. The van der Waals surface area contributed by atoms with Crippen LogP contribution in [0.1, 0.15) is 35.9 Å². The number of methoxy groups -OCH3 is 1. The highest BCUT2D eigenvalue weighted by molar-refractivity contribution is 7.12. The van der Waals surface area contributed by atoms with E-state index in [1.807, 2.05) is 0 Å². The molecule has 0 aromatic carbocycles. The van der Waals surface area contributed by atoms with Crippen molar-refractivity contribution in [2.45, 2.75) is 37.8 Å². The summed E-state index contributed by atoms with van der Waals surface area (Å²) in [4.78, 5) is 52.0. The van der Waals surface area contributed by atoms with Crippen LogP contribution in [-0.2, 0) is 23.9 Å². The third-order valence-corrected chi connectivity index (χ3v) is 6.39. The quantitative estimate of drug-likeness (QED) is 0.403. The molecule has 0 amide bonds. The molecule has 2 N–H and O–H groups in total. The number of hydrogen-bond donors (Lipinski definition) is 2. The van der Waals surface area contributed by atoms with Crippen LogP contribution in [0.3, 0.4) is 0 Å². The number of thiophene rings is 1. The predicted octanol–water partition coefficient (Wildman–Crippen LogP) is 1.52. The molecule has 0 bridgehead atoms. The number of carbonyl (C=O) groups excluding carboxylic acids is 4. The zero-order valence-electron chi connectivity index (χ0n) is 18.3. The first-order chi connectivity index (χ1) is 15.7.